The van der Waals surface area contributed by atoms with Crippen molar-refractivity contribution in [3.63, 3.8) is 0 Å². The van der Waals surface area contributed by atoms with Crippen molar-refractivity contribution in [2.24, 2.45) is 0 Å². The SMILES string of the molecule is COc1cccc(N2C(=O)C[C@@H](c3c(C)[nH]n(-c4nc5ccccc5s4)c3=O)C2=O)c1. The van der Waals surface area contributed by atoms with Crippen LogP contribution < -0.4 is 15.2 Å². The normalized spacial score (nSPS) is 16.5. The molecule has 8 nitrogen and oxygen atoms in total. The summed E-state index contributed by atoms with van der Waals surface area (Å²) in [6.45, 7) is 1.73. The number of imide groups is 1. The van der Waals surface area contributed by atoms with Gasteiger partial charge in [-0.2, -0.15) is 4.68 Å². The number of rotatable bonds is 4. The van der Waals surface area contributed by atoms with Gasteiger partial charge in [0.2, 0.25) is 16.9 Å². The third-order valence-electron chi connectivity index (χ3n) is 5.40. The van der Waals surface area contributed by atoms with Crippen molar-refractivity contribution in [2.75, 3.05) is 12.0 Å². The van der Waals surface area contributed by atoms with Gasteiger partial charge in [-0.15, -0.1) is 0 Å². The van der Waals surface area contributed by atoms with Crippen LogP contribution in [0.15, 0.2) is 53.3 Å². The van der Waals surface area contributed by atoms with E-state index in [-0.39, 0.29) is 17.9 Å². The third kappa shape index (κ3) is 3.05. The number of aromatic amines is 1. The highest BCUT2D eigenvalue weighted by atomic mass is 32.1. The molecule has 156 valence electrons. The minimum Gasteiger partial charge on any atom is -0.497 e. The molecule has 1 fully saturated rings. The van der Waals surface area contributed by atoms with Crippen LogP contribution in [0, 0.1) is 6.92 Å². The number of anilines is 1. The molecule has 31 heavy (non-hydrogen) atoms. The van der Waals surface area contributed by atoms with E-state index >= 15 is 0 Å². The lowest BCUT2D eigenvalue weighted by Crippen LogP contribution is -2.31. The number of hydrogen-bond acceptors (Lipinski definition) is 6. The minimum absolute atomic E-state index is 0.0657. The van der Waals surface area contributed by atoms with Crippen molar-refractivity contribution in [2.45, 2.75) is 19.3 Å². The van der Waals surface area contributed by atoms with Crippen molar-refractivity contribution in [3.8, 4) is 10.9 Å². The number of thiazole rings is 1. The molecule has 1 N–H and O–H groups in total. The number of nitrogens with zero attached hydrogens (tertiary/aromatic N) is 3. The highest BCUT2D eigenvalue weighted by molar-refractivity contribution is 7.20. The number of ether oxygens (including phenoxy) is 1. The number of H-pyrrole nitrogens is 1. The molecule has 1 aliphatic rings. The fourth-order valence-corrected chi connectivity index (χ4v) is 4.86. The van der Waals surface area contributed by atoms with Crippen molar-refractivity contribution in [1.29, 1.82) is 0 Å². The van der Waals surface area contributed by atoms with Gasteiger partial charge < -0.3 is 4.74 Å². The number of methoxy groups -OCH3 is 1. The third-order valence-corrected chi connectivity index (χ3v) is 6.42. The van der Waals surface area contributed by atoms with Crippen LogP contribution in [0.4, 0.5) is 5.69 Å². The Morgan fingerprint density at radius 3 is 2.71 bits per heavy atom. The zero-order valence-electron chi connectivity index (χ0n) is 16.8. The predicted molar refractivity (Wildman–Crippen MR) is 117 cm³/mol. The summed E-state index contributed by atoms with van der Waals surface area (Å²) in [5.41, 5.74) is 1.69. The minimum atomic E-state index is -0.849. The molecule has 9 heteroatoms. The first kappa shape index (κ1) is 19.3. The van der Waals surface area contributed by atoms with Gasteiger partial charge >= 0.3 is 0 Å². The van der Waals surface area contributed by atoms with E-state index in [2.05, 4.69) is 10.1 Å². The van der Waals surface area contributed by atoms with E-state index in [4.69, 9.17) is 4.74 Å². The Bertz CT molecular complexity index is 1370. The summed E-state index contributed by atoms with van der Waals surface area (Å²) in [4.78, 5) is 44.8. The molecule has 3 heterocycles. The summed E-state index contributed by atoms with van der Waals surface area (Å²) in [6.07, 6.45) is -0.0657. The molecule has 4 aromatic rings. The molecular weight excluding hydrogens is 416 g/mol. The van der Waals surface area contributed by atoms with Gasteiger partial charge in [-0.1, -0.05) is 29.5 Å². The lowest BCUT2D eigenvalue weighted by atomic mass is 9.98. The average molecular weight is 434 g/mol. The molecule has 2 aromatic heterocycles. The summed E-state index contributed by atoms with van der Waals surface area (Å²) in [5.74, 6) is -1.08. The topological polar surface area (TPSA) is 97.3 Å². The molecule has 2 amide bonds. The van der Waals surface area contributed by atoms with Gasteiger partial charge in [-0.25, -0.2) is 9.88 Å². The van der Waals surface area contributed by atoms with Crippen LogP contribution in [0.1, 0.15) is 23.6 Å². The zero-order chi connectivity index (χ0) is 21.7. The summed E-state index contributed by atoms with van der Waals surface area (Å²) in [6, 6.07) is 14.4. The van der Waals surface area contributed by atoms with Gasteiger partial charge in [-0.05, 0) is 31.2 Å². The maximum atomic E-state index is 13.2. The lowest BCUT2D eigenvalue weighted by Gasteiger charge is -2.15. The molecule has 0 aliphatic carbocycles. The number of hydrogen-bond donors (Lipinski definition) is 1. The Kier molecular flexibility index (Phi) is 4.48. The fourth-order valence-electron chi connectivity index (χ4n) is 3.94. The number of amides is 2. The Labute approximate surface area is 180 Å². The molecular formula is C22H18N4O4S. The van der Waals surface area contributed by atoms with E-state index in [1.54, 1.807) is 31.2 Å². The van der Waals surface area contributed by atoms with Gasteiger partial charge in [0.15, 0.2) is 0 Å². The van der Waals surface area contributed by atoms with Crippen molar-refractivity contribution in [3.05, 3.63) is 70.1 Å². The molecule has 2 aromatic carbocycles. The van der Waals surface area contributed by atoms with Crippen molar-refractivity contribution >= 4 is 39.1 Å². The Hall–Kier alpha value is -3.72. The van der Waals surface area contributed by atoms with Gasteiger partial charge in [0, 0.05) is 18.2 Å². The van der Waals surface area contributed by atoms with Crippen LogP contribution in [-0.2, 0) is 9.59 Å². The summed E-state index contributed by atoms with van der Waals surface area (Å²) < 4.78 is 7.50. The second kappa shape index (κ2) is 7.21. The van der Waals surface area contributed by atoms with Gasteiger partial charge in [0.25, 0.3) is 5.56 Å². The van der Waals surface area contributed by atoms with E-state index in [1.165, 1.54) is 23.1 Å². The predicted octanol–water partition coefficient (Wildman–Crippen LogP) is 3.14. The van der Waals surface area contributed by atoms with E-state index in [0.29, 0.717) is 27.8 Å². The maximum absolute atomic E-state index is 13.2. The van der Waals surface area contributed by atoms with Gasteiger partial charge in [-0.3, -0.25) is 19.5 Å². The number of nitrogens with one attached hydrogen (secondary N) is 1. The quantitative estimate of drug-likeness (QED) is 0.498. The summed E-state index contributed by atoms with van der Waals surface area (Å²) in [5, 5.41) is 3.51. The highest BCUT2D eigenvalue weighted by Gasteiger charge is 2.43. The van der Waals surface area contributed by atoms with E-state index in [0.717, 1.165) is 15.1 Å². The number of fused-ring (bicyclic) bond motifs is 1. The van der Waals surface area contributed by atoms with E-state index < -0.39 is 11.8 Å². The van der Waals surface area contributed by atoms with E-state index in [1.807, 2.05) is 24.3 Å². The van der Waals surface area contributed by atoms with Crippen LogP contribution in [0.2, 0.25) is 0 Å². The molecule has 0 radical (unpaired) electrons. The van der Waals surface area contributed by atoms with Crippen LogP contribution >= 0.6 is 11.3 Å². The first-order chi connectivity index (χ1) is 15.0. The average Bonchev–Trinajstić information content (AvgIpc) is 3.41. The van der Waals surface area contributed by atoms with Crippen LogP contribution in [-0.4, -0.2) is 33.7 Å². The molecule has 0 bridgehead atoms. The standard InChI is InChI=1S/C22H18N4O4S/c1-12-19(21(29)26(24-12)22-23-16-8-3-4-9-17(16)31-22)15-11-18(27)25(20(15)28)13-6-5-7-14(10-13)30-2/h3-10,15,24H,11H2,1-2H3/t15-/m0/s1. The largest absolute Gasteiger partial charge is 0.497 e. The molecule has 1 aliphatic heterocycles. The Morgan fingerprint density at radius 2 is 1.94 bits per heavy atom. The molecule has 5 rings (SSSR count). The zero-order valence-corrected chi connectivity index (χ0v) is 17.6. The number of carbonyl (C=O) groups is 2. The summed E-state index contributed by atoms with van der Waals surface area (Å²) >= 11 is 1.38. The van der Waals surface area contributed by atoms with Gasteiger partial charge in [0.1, 0.15) is 5.75 Å². The smallest absolute Gasteiger partial charge is 0.277 e. The van der Waals surface area contributed by atoms with Crippen LogP contribution in [0.25, 0.3) is 15.3 Å². The molecule has 0 unspecified atom stereocenters. The molecule has 1 atom stereocenters. The lowest BCUT2D eigenvalue weighted by molar-refractivity contribution is -0.121. The molecule has 0 spiro atoms. The van der Waals surface area contributed by atoms with Crippen LogP contribution in [0.5, 0.6) is 5.75 Å². The Balaban J connectivity index is 1.54. The number of carbonyl (C=O) groups excluding carboxylic acids is 2. The Morgan fingerprint density at radius 1 is 1.13 bits per heavy atom. The molecule has 1 saturated heterocycles. The van der Waals surface area contributed by atoms with Crippen molar-refractivity contribution < 1.29 is 14.3 Å². The van der Waals surface area contributed by atoms with Crippen LogP contribution in [0.3, 0.4) is 0 Å². The van der Waals surface area contributed by atoms with E-state index in [9.17, 15) is 14.4 Å². The number of benzene rings is 2. The van der Waals surface area contributed by atoms with Crippen molar-refractivity contribution in [1.82, 2.24) is 14.8 Å². The monoisotopic (exact) mass is 434 g/mol. The fraction of sp³-hybridized carbons (Fsp3) is 0.182. The second-order valence-electron chi connectivity index (χ2n) is 7.28. The first-order valence-corrected chi connectivity index (χ1v) is 10.5. The highest BCUT2D eigenvalue weighted by Crippen LogP contribution is 2.34. The first-order valence-electron chi connectivity index (χ1n) is 9.66. The second-order valence-corrected chi connectivity index (χ2v) is 8.29. The number of aromatic nitrogens is 3. The number of aryl methyl sites for hydroxylation is 1. The summed E-state index contributed by atoms with van der Waals surface area (Å²) in [7, 11) is 1.52. The van der Waals surface area contributed by atoms with Gasteiger partial charge in [0.05, 0.1) is 34.5 Å². The maximum Gasteiger partial charge on any atom is 0.277 e. The molecule has 0 saturated carbocycles. The number of para-hydroxylation sites is 1.